The largest absolute Gasteiger partial charge is 0.497 e. The Morgan fingerprint density at radius 3 is 2.55 bits per heavy atom. The lowest BCUT2D eigenvalue weighted by Crippen LogP contribution is -2.46. The second-order valence-corrected chi connectivity index (χ2v) is 7.68. The maximum absolute atomic E-state index is 14.5. The average Bonchev–Trinajstić information content (AvgIpc) is 2.79. The van der Waals surface area contributed by atoms with Gasteiger partial charge in [0.1, 0.15) is 5.75 Å². The predicted molar refractivity (Wildman–Crippen MR) is 118 cm³/mol. The molecule has 172 valence electrons. The monoisotopic (exact) mass is 454 g/mol. The fourth-order valence-electron chi connectivity index (χ4n) is 3.66. The second kappa shape index (κ2) is 9.33. The minimum Gasteiger partial charge on any atom is -0.497 e. The molecule has 0 radical (unpaired) electrons. The van der Waals surface area contributed by atoms with Gasteiger partial charge in [-0.2, -0.15) is 4.98 Å². The number of carboxylic acids is 1. The van der Waals surface area contributed by atoms with Crippen molar-refractivity contribution in [3.63, 3.8) is 0 Å². The molecule has 2 N–H and O–H groups in total. The van der Waals surface area contributed by atoms with Crippen molar-refractivity contribution < 1.29 is 23.8 Å². The lowest BCUT2D eigenvalue weighted by molar-refractivity contribution is -0.00572. The van der Waals surface area contributed by atoms with Crippen LogP contribution in [0.3, 0.4) is 0 Å². The van der Waals surface area contributed by atoms with Crippen molar-refractivity contribution in [2.45, 2.75) is 26.1 Å². The number of carbonyl (C=O) groups is 1. The third-order valence-corrected chi connectivity index (χ3v) is 5.08. The van der Waals surface area contributed by atoms with E-state index in [2.05, 4.69) is 25.5 Å². The first-order valence-corrected chi connectivity index (χ1v) is 10.3. The Hall–Kier alpha value is -3.86. The molecule has 4 rings (SSSR count). The second-order valence-electron chi connectivity index (χ2n) is 7.68. The lowest BCUT2D eigenvalue weighted by atomic mass is 10.0. The highest BCUT2D eigenvalue weighted by Crippen LogP contribution is 2.28. The Bertz CT molecular complexity index is 1150. The molecule has 0 bridgehead atoms. The number of hydrogen-bond donors (Lipinski definition) is 2. The lowest BCUT2D eigenvalue weighted by Gasteiger charge is -2.35. The van der Waals surface area contributed by atoms with Crippen molar-refractivity contribution in [3.8, 4) is 16.9 Å². The summed E-state index contributed by atoms with van der Waals surface area (Å²) in [7, 11) is 1.54. The molecular weight excluding hydrogens is 431 g/mol. The number of anilines is 3. The van der Waals surface area contributed by atoms with Gasteiger partial charge in [0, 0.05) is 18.7 Å². The number of hydrogen-bond acceptors (Lipinski definition) is 9. The molecule has 0 unspecified atom stereocenters. The number of aromatic nitrogens is 4. The van der Waals surface area contributed by atoms with Crippen LogP contribution in [0.5, 0.6) is 5.75 Å². The Labute approximate surface area is 189 Å². The van der Waals surface area contributed by atoms with Gasteiger partial charge in [0.15, 0.2) is 23.1 Å². The summed E-state index contributed by atoms with van der Waals surface area (Å²) in [6.07, 6.45) is 1.06. The van der Waals surface area contributed by atoms with Gasteiger partial charge in [-0.3, -0.25) is 0 Å². The Morgan fingerprint density at radius 2 is 1.91 bits per heavy atom. The van der Waals surface area contributed by atoms with Gasteiger partial charge < -0.3 is 24.8 Å². The third kappa shape index (κ3) is 4.98. The van der Waals surface area contributed by atoms with Crippen LogP contribution in [0.15, 0.2) is 36.5 Å². The zero-order chi connectivity index (χ0) is 23.5. The van der Waals surface area contributed by atoms with Crippen LogP contribution in [0, 0.1) is 5.82 Å². The van der Waals surface area contributed by atoms with Gasteiger partial charge in [-0.15, -0.1) is 10.2 Å². The predicted octanol–water partition coefficient (Wildman–Crippen LogP) is 3.14. The summed E-state index contributed by atoms with van der Waals surface area (Å²) < 4.78 is 25.4. The van der Waals surface area contributed by atoms with Gasteiger partial charge in [-0.1, -0.05) is 12.1 Å². The molecule has 1 saturated heterocycles. The van der Waals surface area contributed by atoms with Crippen LogP contribution >= 0.6 is 0 Å². The molecule has 0 saturated carbocycles. The highest BCUT2D eigenvalue weighted by atomic mass is 19.1. The number of methoxy groups -OCH3 is 1. The van der Waals surface area contributed by atoms with Crippen LogP contribution in [-0.2, 0) is 4.74 Å². The van der Waals surface area contributed by atoms with E-state index >= 15 is 0 Å². The molecule has 1 aliphatic heterocycles. The van der Waals surface area contributed by atoms with E-state index in [0.29, 0.717) is 35.9 Å². The number of nitrogens with one attached hydrogen (secondary N) is 1. The van der Waals surface area contributed by atoms with E-state index in [1.165, 1.54) is 13.2 Å². The Kier molecular flexibility index (Phi) is 6.31. The van der Waals surface area contributed by atoms with Crippen molar-refractivity contribution in [2.75, 3.05) is 30.4 Å². The maximum atomic E-state index is 14.5. The number of carboxylic acid groups (broad SMARTS) is 1. The normalized spacial score (nSPS) is 18.1. The average molecular weight is 454 g/mol. The van der Waals surface area contributed by atoms with Gasteiger partial charge in [-0.05, 0) is 37.6 Å². The van der Waals surface area contributed by atoms with Crippen LogP contribution in [0.2, 0.25) is 0 Å². The number of rotatable bonds is 6. The summed E-state index contributed by atoms with van der Waals surface area (Å²) in [6, 6.07) is 8.30. The van der Waals surface area contributed by atoms with Crippen molar-refractivity contribution >= 4 is 23.6 Å². The molecule has 1 aromatic carbocycles. The van der Waals surface area contributed by atoms with Crippen LogP contribution < -0.4 is 15.0 Å². The number of benzene rings is 1. The number of ether oxygens (including phenoxy) is 2. The quantitative estimate of drug-likeness (QED) is 0.574. The van der Waals surface area contributed by atoms with E-state index in [9.17, 15) is 14.3 Å². The van der Waals surface area contributed by atoms with Gasteiger partial charge in [0.05, 0.1) is 25.5 Å². The van der Waals surface area contributed by atoms with Crippen LogP contribution in [0.4, 0.5) is 22.0 Å². The SMILES string of the molecule is COc1ccc(-c2cc(Nc3nc(N4C[C@@H](C)O[C@@H](C)C4)ncc3F)nnc2C(=O)O)cc1. The molecule has 3 heterocycles. The van der Waals surface area contributed by atoms with Crippen molar-refractivity contribution in [1.29, 1.82) is 0 Å². The fraction of sp³-hybridized carbons (Fsp3) is 0.318. The summed E-state index contributed by atoms with van der Waals surface area (Å²) in [4.78, 5) is 22.0. The standard InChI is InChI=1S/C22H23FN6O4/c1-12-10-29(11-13(2)33-12)22-24-9-17(23)20(26-22)25-18-8-16(19(21(30)31)28-27-18)14-4-6-15(32-3)7-5-14/h4-9,12-13H,10-11H2,1-3H3,(H,30,31)(H,24,25,26,27)/t12-,13+. The number of halogens is 1. The fourth-order valence-corrected chi connectivity index (χ4v) is 3.66. The van der Waals surface area contributed by atoms with E-state index < -0.39 is 11.8 Å². The molecule has 10 nitrogen and oxygen atoms in total. The van der Waals surface area contributed by atoms with Crippen molar-refractivity contribution in [3.05, 3.63) is 48.0 Å². The first kappa shape index (κ1) is 22.3. The van der Waals surface area contributed by atoms with Crippen molar-refractivity contribution in [1.82, 2.24) is 20.2 Å². The smallest absolute Gasteiger partial charge is 0.357 e. The minimum atomic E-state index is -1.23. The molecular formula is C22H23FN6O4. The zero-order valence-electron chi connectivity index (χ0n) is 18.3. The molecule has 0 aliphatic carbocycles. The highest BCUT2D eigenvalue weighted by molar-refractivity contribution is 5.94. The Balaban J connectivity index is 1.65. The summed E-state index contributed by atoms with van der Waals surface area (Å²) >= 11 is 0. The first-order chi connectivity index (χ1) is 15.8. The molecule has 33 heavy (non-hydrogen) atoms. The summed E-state index contributed by atoms with van der Waals surface area (Å²) in [5.41, 5.74) is 0.672. The molecule has 3 aromatic rings. The maximum Gasteiger partial charge on any atom is 0.357 e. The molecule has 0 amide bonds. The van der Waals surface area contributed by atoms with Crippen LogP contribution in [0.1, 0.15) is 24.3 Å². The van der Waals surface area contributed by atoms with Gasteiger partial charge in [0.25, 0.3) is 0 Å². The van der Waals surface area contributed by atoms with E-state index in [1.807, 2.05) is 18.7 Å². The molecule has 11 heteroatoms. The van der Waals surface area contributed by atoms with E-state index in [0.717, 1.165) is 6.20 Å². The minimum absolute atomic E-state index is 0.0136. The topological polar surface area (TPSA) is 123 Å². The van der Waals surface area contributed by atoms with Gasteiger partial charge >= 0.3 is 5.97 Å². The van der Waals surface area contributed by atoms with E-state index in [1.54, 1.807) is 24.3 Å². The Morgan fingerprint density at radius 1 is 1.21 bits per heavy atom. The van der Waals surface area contributed by atoms with Crippen LogP contribution in [-0.4, -0.2) is 63.6 Å². The van der Waals surface area contributed by atoms with Gasteiger partial charge in [0.2, 0.25) is 5.95 Å². The molecule has 2 atom stereocenters. The number of morpholine rings is 1. The summed E-state index contributed by atoms with van der Waals surface area (Å²) in [6.45, 7) is 5.05. The van der Waals surface area contributed by atoms with E-state index in [-0.39, 0.29) is 29.5 Å². The van der Waals surface area contributed by atoms with E-state index in [4.69, 9.17) is 9.47 Å². The third-order valence-electron chi connectivity index (χ3n) is 5.08. The molecule has 1 aliphatic rings. The first-order valence-electron chi connectivity index (χ1n) is 10.3. The van der Waals surface area contributed by atoms with Crippen molar-refractivity contribution in [2.24, 2.45) is 0 Å². The van der Waals surface area contributed by atoms with Crippen LogP contribution in [0.25, 0.3) is 11.1 Å². The number of aromatic carboxylic acids is 1. The molecule has 2 aromatic heterocycles. The number of nitrogens with zero attached hydrogens (tertiary/aromatic N) is 5. The summed E-state index contributed by atoms with van der Waals surface area (Å²) in [5, 5.41) is 20.0. The summed E-state index contributed by atoms with van der Waals surface area (Å²) in [5.74, 6) is -0.887. The molecule has 0 spiro atoms. The highest BCUT2D eigenvalue weighted by Gasteiger charge is 2.25. The zero-order valence-corrected chi connectivity index (χ0v) is 18.3. The molecule has 1 fully saturated rings. The van der Waals surface area contributed by atoms with Gasteiger partial charge in [-0.25, -0.2) is 14.2 Å².